The van der Waals surface area contributed by atoms with Crippen LogP contribution in [0.25, 0.3) is 6.08 Å². The number of halogens is 1. The molecule has 0 aliphatic rings. The van der Waals surface area contributed by atoms with Crippen LogP contribution in [0, 0.1) is 0 Å². The molecule has 0 heterocycles. The van der Waals surface area contributed by atoms with Gasteiger partial charge in [-0.25, -0.2) is 0 Å². The molecule has 2 nitrogen and oxygen atoms in total. The molecular formula is C11H12ClNO. The summed E-state index contributed by atoms with van der Waals surface area (Å²) in [5, 5.41) is 11.8. The van der Waals surface area contributed by atoms with E-state index in [1.165, 1.54) is 0 Å². The van der Waals surface area contributed by atoms with Crippen LogP contribution in [0.2, 0.25) is 0 Å². The first-order chi connectivity index (χ1) is 6.77. The molecule has 0 aliphatic carbocycles. The van der Waals surface area contributed by atoms with Gasteiger partial charge in [0.15, 0.2) is 0 Å². The summed E-state index contributed by atoms with van der Waals surface area (Å²) < 4.78 is 0. The summed E-state index contributed by atoms with van der Waals surface area (Å²) in [6.45, 7) is 1.87. The van der Waals surface area contributed by atoms with E-state index in [0.717, 1.165) is 11.1 Å². The standard InChI is InChI=1S/C11H12ClNO/c1-9(11(8-12)13-14)7-10-5-3-2-4-6-10/h2-7,14H,8H2,1H3/b9-7+,13-11-. The molecule has 0 atom stereocenters. The Morgan fingerprint density at radius 2 is 2.07 bits per heavy atom. The fraction of sp³-hybridized carbons (Fsp3) is 0.182. The van der Waals surface area contributed by atoms with E-state index in [-0.39, 0.29) is 5.88 Å². The van der Waals surface area contributed by atoms with Gasteiger partial charge in [0.2, 0.25) is 0 Å². The number of rotatable bonds is 3. The van der Waals surface area contributed by atoms with Gasteiger partial charge in [-0.2, -0.15) is 0 Å². The first-order valence-electron chi connectivity index (χ1n) is 4.28. The second-order valence-electron chi connectivity index (χ2n) is 2.92. The van der Waals surface area contributed by atoms with Crippen LogP contribution in [0.1, 0.15) is 12.5 Å². The van der Waals surface area contributed by atoms with E-state index in [2.05, 4.69) is 5.16 Å². The topological polar surface area (TPSA) is 32.6 Å². The summed E-state index contributed by atoms with van der Waals surface area (Å²) in [6.07, 6.45) is 1.93. The lowest BCUT2D eigenvalue weighted by Crippen LogP contribution is -2.01. The largest absolute Gasteiger partial charge is 0.411 e. The maximum absolute atomic E-state index is 8.64. The van der Waals surface area contributed by atoms with Crippen molar-refractivity contribution in [2.24, 2.45) is 5.16 Å². The molecule has 1 aromatic rings. The highest BCUT2D eigenvalue weighted by atomic mass is 35.5. The first-order valence-corrected chi connectivity index (χ1v) is 4.82. The maximum Gasteiger partial charge on any atom is 0.0972 e. The normalized spacial score (nSPS) is 13.0. The number of hydrogen-bond acceptors (Lipinski definition) is 2. The molecule has 74 valence electrons. The Hall–Kier alpha value is -1.28. The molecule has 0 spiro atoms. The summed E-state index contributed by atoms with van der Waals surface area (Å²) in [5.74, 6) is 0.214. The highest BCUT2D eigenvalue weighted by Crippen LogP contribution is 2.08. The van der Waals surface area contributed by atoms with Crippen molar-refractivity contribution < 1.29 is 5.21 Å². The Morgan fingerprint density at radius 3 is 2.57 bits per heavy atom. The van der Waals surface area contributed by atoms with Gasteiger partial charge in [-0.1, -0.05) is 41.6 Å². The van der Waals surface area contributed by atoms with Crippen LogP contribution in [0.3, 0.4) is 0 Å². The predicted octanol–water partition coefficient (Wildman–Crippen LogP) is 3.16. The summed E-state index contributed by atoms with van der Waals surface area (Å²) in [7, 11) is 0. The molecule has 3 heteroatoms. The second kappa shape index (κ2) is 5.45. The molecule has 0 saturated carbocycles. The number of hydrogen-bond donors (Lipinski definition) is 1. The average molecular weight is 210 g/mol. The van der Waals surface area contributed by atoms with Crippen molar-refractivity contribution in [1.29, 1.82) is 0 Å². The van der Waals surface area contributed by atoms with Crippen LogP contribution in [-0.2, 0) is 0 Å². The van der Waals surface area contributed by atoms with E-state index in [0.29, 0.717) is 5.71 Å². The number of nitrogens with zero attached hydrogens (tertiary/aromatic N) is 1. The maximum atomic E-state index is 8.64. The van der Waals surface area contributed by atoms with Gasteiger partial charge in [0, 0.05) is 0 Å². The van der Waals surface area contributed by atoms with E-state index in [9.17, 15) is 0 Å². The lowest BCUT2D eigenvalue weighted by molar-refractivity contribution is 0.319. The highest BCUT2D eigenvalue weighted by molar-refractivity contribution is 6.32. The Labute approximate surface area is 88.5 Å². The fourth-order valence-corrected chi connectivity index (χ4v) is 1.36. The van der Waals surface area contributed by atoms with E-state index < -0.39 is 0 Å². The molecule has 0 amide bonds. The van der Waals surface area contributed by atoms with Crippen molar-refractivity contribution >= 4 is 23.4 Å². The Morgan fingerprint density at radius 1 is 1.43 bits per heavy atom. The molecule has 0 aromatic heterocycles. The summed E-state index contributed by atoms with van der Waals surface area (Å²) in [5.41, 5.74) is 2.43. The Bertz CT molecular complexity index is 344. The van der Waals surface area contributed by atoms with Gasteiger partial charge in [-0.05, 0) is 18.1 Å². The van der Waals surface area contributed by atoms with E-state index in [1.807, 2.05) is 43.3 Å². The molecule has 0 saturated heterocycles. The van der Waals surface area contributed by atoms with Gasteiger partial charge in [0.25, 0.3) is 0 Å². The molecule has 1 N–H and O–H groups in total. The highest BCUT2D eigenvalue weighted by Gasteiger charge is 2.00. The zero-order valence-electron chi connectivity index (χ0n) is 7.94. The zero-order valence-corrected chi connectivity index (χ0v) is 8.70. The van der Waals surface area contributed by atoms with Crippen LogP contribution >= 0.6 is 11.6 Å². The zero-order chi connectivity index (χ0) is 10.4. The van der Waals surface area contributed by atoms with Crippen molar-refractivity contribution in [1.82, 2.24) is 0 Å². The predicted molar refractivity (Wildman–Crippen MR) is 60.0 cm³/mol. The van der Waals surface area contributed by atoms with Gasteiger partial charge in [-0.3, -0.25) is 0 Å². The van der Waals surface area contributed by atoms with Crippen molar-refractivity contribution in [3.8, 4) is 0 Å². The van der Waals surface area contributed by atoms with E-state index in [4.69, 9.17) is 16.8 Å². The molecule has 0 aliphatic heterocycles. The molecule has 14 heavy (non-hydrogen) atoms. The van der Waals surface area contributed by atoms with Crippen molar-refractivity contribution in [2.45, 2.75) is 6.92 Å². The monoisotopic (exact) mass is 209 g/mol. The van der Waals surface area contributed by atoms with Crippen molar-refractivity contribution in [3.63, 3.8) is 0 Å². The third-order valence-corrected chi connectivity index (χ3v) is 2.14. The minimum absolute atomic E-state index is 0.214. The SMILES string of the molecule is CC(=C\c1ccccc1)/C(CCl)=N\O. The molecular weight excluding hydrogens is 198 g/mol. The van der Waals surface area contributed by atoms with Gasteiger partial charge in [0.05, 0.1) is 11.6 Å². The smallest absolute Gasteiger partial charge is 0.0972 e. The quantitative estimate of drug-likeness (QED) is 0.353. The summed E-state index contributed by atoms with van der Waals surface area (Å²) in [6, 6.07) is 9.82. The second-order valence-corrected chi connectivity index (χ2v) is 3.19. The third kappa shape index (κ3) is 2.89. The fourth-order valence-electron chi connectivity index (χ4n) is 1.09. The number of alkyl halides is 1. The minimum Gasteiger partial charge on any atom is -0.411 e. The molecule has 0 bridgehead atoms. The van der Waals surface area contributed by atoms with E-state index in [1.54, 1.807) is 0 Å². The minimum atomic E-state index is 0.214. The molecule has 0 radical (unpaired) electrons. The lowest BCUT2D eigenvalue weighted by atomic mass is 10.1. The van der Waals surface area contributed by atoms with Gasteiger partial charge in [-0.15, -0.1) is 11.6 Å². The molecule has 1 rings (SSSR count). The summed E-state index contributed by atoms with van der Waals surface area (Å²) >= 11 is 5.60. The Balaban J connectivity index is 2.89. The van der Waals surface area contributed by atoms with Crippen LogP contribution in [0.5, 0.6) is 0 Å². The van der Waals surface area contributed by atoms with Crippen LogP contribution < -0.4 is 0 Å². The van der Waals surface area contributed by atoms with Crippen molar-refractivity contribution in [2.75, 3.05) is 5.88 Å². The van der Waals surface area contributed by atoms with Crippen LogP contribution in [0.4, 0.5) is 0 Å². The van der Waals surface area contributed by atoms with Gasteiger partial charge in [0.1, 0.15) is 0 Å². The molecule has 0 fully saturated rings. The van der Waals surface area contributed by atoms with Gasteiger partial charge < -0.3 is 5.21 Å². The number of allylic oxidation sites excluding steroid dienone is 1. The lowest BCUT2D eigenvalue weighted by Gasteiger charge is -2.00. The van der Waals surface area contributed by atoms with Crippen LogP contribution in [-0.4, -0.2) is 16.8 Å². The first kappa shape index (κ1) is 10.8. The number of oxime groups is 1. The summed E-state index contributed by atoms with van der Waals surface area (Å²) in [4.78, 5) is 0. The molecule has 1 aromatic carbocycles. The average Bonchev–Trinajstić information content (AvgIpc) is 2.21. The van der Waals surface area contributed by atoms with Crippen LogP contribution in [0.15, 0.2) is 41.1 Å². The third-order valence-electron chi connectivity index (χ3n) is 1.89. The Kier molecular flexibility index (Phi) is 4.20. The van der Waals surface area contributed by atoms with Crippen molar-refractivity contribution in [3.05, 3.63) is 41.5 Å². The number of benzene rings is 1. The molecule has 0 unspecified atom stereocenters. The van der Waals surface area contributed by atoms with E-state index >= 15 is 0 Å². The van der Waals surface area contributed by atoms with Gasteiger partial charge >= 0.3 is 0 Å².